The van der Waals surface area contributed by atoms with Gasteiger partial charge in [-0.25, -0.2) is 9.18 Å². The van der Waals surface area contributed by atoms with Gasteiger partial charge in [-0.15, -0.1) is 0 Å². The molecule has 1 aromatic rings. The van der Waals surface area contributed by atoms with Crippen molar-refractivity contribution in [1.29, 1.82) is 0 Å². The Kier molecular flexibility index (Phi) is 5.14. The van der Waals surface area contributed by atoms with Gasteiger partial charge in [-0.3, -0.25) is 0 Å². The van der Waals surface area contributed by atoms with Crippen LogP contribution < -0.4 is 5.32 Å². The predicted octanol–water partition coefficient (Wildman–Crippen LogP) is 3.04. The molecule has 19 heavy (non-hydrogen) atoms. The third-order valence-corrected chi connectivity index (χ3v) is 2.47. The normalized spacial score (nSPS) is 12.9. The Balaban J connectivity index is 2.53. The van der Waals surface area contributed by atoms with Crippen LogP contribution in [0.5, 0.6) is 0 Å². The minimum atomic E-state index is -1.03. The number of aliphatic hydroxyl groups excluding tert-OH is 1. The second-order valence-corrected chi connectivity index (χ2v) is 5.48. The molecule has 1 unspecified atom stereocenters. The topological polar surface area (TPSA) is 58.6 Å². The van der Waals surface area contributed by atoms with Gasteiger partial charge in [-0.2, -0.15) is 0 Å². The second-order valence-electron chi connectivity index (χ2n) is 5.07. The molecule has 1 atom stereocenters. The number of rotatable bonds is 3. The van der Waals surface area contributed by atoms with Gasteiger partial charge in [0, 0.05) is 0 Å². The zero-order chi connectivity index (χ0) is 14.6. The highest BCUT2D eigenvalue weighted by atomic mass is 35.5. The molecule has 0 fully saturated rings. The van der Waals surface area contributed by atoms with Crippen molar-refractivity contribution < 1.29 is 19.0 Å². The van der Waals surface area contributed by atoms with Crippen molar-refractivity contribution in [1.82, 2.24) is 5.32 Å². The molecule has 0 bridgehead atoms. The van der Waals surface area contributed by atoms with Crippen molar-refractivity contribution in [3.8, 4) is 0 Å². The number of alkyl carbamates (subject to hydrolysis) is 1. The summed E-state index contributed by atoms with van der Waals surface area (Å²) in [5, 5.41) is 12.2. The van der Waals surface area contributed by atoms with Crippen LogP contribution in [0.3, 0.4) is 0 Å². The molecule has 4 nitrogen and oxygen atoms in total. The Morgan fingerprint density at radius 2 is 2.16 bits per heavy atom. The van der Waals surface area contributed by atoms with Gasteiger partial charge in [0.2, 0.25) is 0 Å². The van der Waals surface area contributed by atoms with E-state index in [1.54, 1.807) is 20.8 Å². The van der Waals surface area contributed by atoms with E-state index in [9.17, 15) is 14.3 Å². The summed E-state index contributed by atoms with van der Waals surface area (Å²) in [6.07, 6.45) is -1.67. The Bertz CT molecular complexity index is 460. The molecule has 0 aliphatic carbocycles. The van der Waals surface area contributed by atoms with E-state index in [0.29, 0.717) is 5.56 Å². The third-order valence-electron chi connectivity index (χ3n) is 2.17. The largest absolute Gasteiger partial charge is 0.444 e. The van der Waals surface area contributed by atoms with Crippen LogP contribution in [0.2, 0.25) is 5.02 Å². The van der Waals surface area contributed by atoms with Gasteiger partial charge in [0.15, 0.2) is 0 Å². The molecule has 0 heterocycles. The molecule has 0 saturated heterocycles. The number of aliphatic hydroxyl groups is 1. The predicted molar refractivity (Wildman–Crippen MR) is 70.6 cm³/mol. The van der Waals surface area contributed by atoms with E-state index in [0.717, 1.165) is 6.07 Å². The number of carbonyl (C=O) groups excluding carboxylic acids is 1. The van der Waals surface area contributed by atoms with Gasteiger partial charge < -0.3 is 15.2 Å². The highest BCUT2D eigenvalue weighted by Gasteiger charge is 2.17. The molecular weight excluding hydrogens is 273 g/mol. The lowest BCUT2D eigenvalue weighted by Crippen LogP contribution is -2.34. The molecule has 1 rings (SSSR count). The van der Waals surface area contributed by atoms with E-state index >= 15 is 0 Å². The smallest absolute Gasteiger partial charge is 0.407 e. The number of nitrogens with one attached hydrogen (secondary N) is 1. The van der Waals surface area contributed by atoms with E-state index in [1.165, 1.54) is 12.1 Å². The zero-order valence-electron chi connectivity index (χ0n) is 11.0. The van der Waals surface area contributed by atoms with Crippen LogP contribution in [0.15, 0.2) is 18.2 Å². The molecular formula is C13H17ClFNO3. The van der Waals surface area contributed by atoms with E-state index in [2.05, 4.69) is 5.32 Å². The molecule has 1 amide bonds. The Hall–Kier alpha value is -1.33. The molecule has 0 aliphatic rings. The summed E-state index contributed by atoms with van der Waals surface area (Å²) in [4.78, 5) is 11.4. The molecule has 0 aliphatic heterocycles. The van der Waals surface area contributed by atoms with Gasteiger partial charge in [0.1, 0.15) is 11.4 Å². The molecule has 0 spiro atoms. The molecule has 0 saturated carbocycles. The van der Waals surface area contributed by atoms with E-state index in [1.807, 2.05) is 0 Å². The monoisotopic (exact) mass is 289 g/mol. The fourth-order valence-corrected chi connectivity index (χ4v) is 1.45. The number of hydrogen-bond acceptors (Lipinski definition) is 3. The van der Waals surface area contributed by atoms with E-state index < -0.39 is 23.6 Å². The van der Waals surface area contributed by atoms with Crippen molar-refractivity contribution in [2.75, 3.05) is 6.54 Å². The molecule has 0 radical (unpaired) electrons. The number of carbonyl (C=O) groups is 1. The Morgan fingerprint density at radius 1 is 1.53 bits per heavy atom. The first-order valence-corrected chi connectivity index (χ1v) is 6.17. The average molecular weight is 290 g/mol. The van der Waals surface area contributed by atoms with Gasteiger partial charge in [0.05, 0.1) is 17.7 Å². The fraction of sp³-hybridized carbons (Fsp3) is 0.462. The lowest BCUT2D eigenvalue weighted by atomic mass is 10.1. The standard InChI is InChI=1S/C13H17ClFNO3/c1-13(2,3)19-12(18)16-7-11(17)8-4-5-9(14)10(15)6-8/h4-6,11,17H,7H2,1-3H3,(H,16,18). The maximum atomic E-state index is 13.2. The zero-order valence-corrected chi connectivity index (χ0v) is 11.8. The SMILES string of the molecule is CC(C)(C)OC(=O)NCC(O)c1ccc(Cl)c(F)c1. The van der Waals surface area contributed by atoms with Crippen molar-refractivity contribution in [2.24, 2.45) is 0 Å². The van der Waals surface area contributed by atoms with Crippen molar-refractivity contribution in [3.63, 3.8) is 0 Å². The van der Waals surface area contributed by atoms with Gasteiger partial charge in [0.25, 0.3) is 0 Å². The van der Waals surface area contributed by atoms with Crippen molar-refractivity contribution in [2.45, 2.75) is 32.5 Å². The molecule has 106 valence electrons. The maximum Gasteiger partial charge on any atom is 0.407 e. The fourth-order valence-electron chi connectivity index (χ4n) is 1.33. The van der Waals surface area contributed by atoms with Crippen LogP contribution in [-0.4, -0.2) is 23.3 Å². The average Bonchev–Trinajstić information content (AvgIpc) is 2.27. The summed E-state index contributed by atoms with van der Waals surface area (Å²) < 4.78 is 18.2. The number of hydrogen-bond donors (Lipinski definition) is 2. The second kappa shape index (κ2) is 6.21. The summed E-state index contributed by atoms with van der Waals surface area (Å²) in [6.45, 7) is 5.13. The number of amides is 1. The molecule has 6 heteroatoms. The Labute approximate surface area is 116 Å². The van der Waals surface area contributed by atoms with Crippen LogP contribution in [0, 0.1) is 5.82 Å². The van der Waals surface area contributed by atoms with Crippen LogP contribution in [0.1, 0.15) is 32.4 Å². The first-order chi connectivity index (χ1) is 8.69. The highest BCUT2D eigenvalue weighted by molar-refractivity contribution is 6.30. The van der Waals surface area contributed by atoms with Crippen molar-refractivity contribution in [3.05, 3.63) is 34.6 Å². The summed E-state index contributed by atoms with van der Waals surface area (Å²) in [7, 11) is 0. The quantitative estimate of drug-likeness (QED) is 0.899. The van der Waals surface area contributed by atoms with Crippen molar-refractivity contribution >= 4 is 17.7 Å². The molecule has 0 aromatic heterocycles. The van der Waals surface area contributed by atoms with Crippen LogP contribution in [-0.2, 0) is 4.74 Å². The van der Waals surface area contributed by atoms with Gasteiger partial charge in [-0.05, 0) is 38.5 Å². The number of ether oxygens (including phenoxy) is 1. The molecule has 1 aromatic carbocycles. The van der Waals surface area contributed by atoms with E-state index in [4.69, 9.17) is 16.3 Å². The summed E-state index contributed by atoms with van der Waals surface area (Å²) in [5.74, 6) is -0.615. The number of halogens is 2. The summed E-state index contributed by atoms with van der Waals surface area (Å²) in [6, 6.07) is 3.97. The lowest BCUT2D eigenvalue weighted by molar-refractivity contribution is 0.0491. The maximum absolute atomic E-state index is 13.2. The van der Waals surface area contributed by atoms with Gasteiger partial charge in [-0.1, -0.05) is 17.7 Å². The van der Waals surface area contributed by atoms with E-state index in [-0.39, 0.29) is 11.6 Å². The van der Waals surface area contributed by atoms with Gasteiger partial charge >= 0.3 is 6.09 Å². The summed E-state index contributed by atoms with van der Waals surface area (Å²) >= 11 is 5.54. The lowest BCUT2D eigenvalue weighted by Gasteiger charge is -2.20. The summed E-state index contributed by atoms with van der Waals surface area (Å²) in [5.41, 5.74) is -0.278. The molecule has 2 N–H and O–H groups in total. The first kappa shape index (κ1) is 15.7. The highest BCUT2D eigenvalue weighted by Crippen LogP contribution is 2.20. The van der Waals surface area contributed by atoms with Crippen LogP contribution >= 0.6 is 11.6 Å². The Morgan fingerprint density at radius 3 is 2.68 bits per heavy atom. The van der Waals surface area contributed by atoms with Crippen LogP contribution in [0.25, 0.3) is 0 Å². The minimum Gasteiger partial charge on any atom is -0.444 e. The van der Waals surface area contributed by atoms with Crippen LogP contribution in [0.4, 0.5) is 9.18 Å². The number of benzene rings is 1. The minimum absolute atomic E-state index is 0.0175. The third kappa shape index (κ3) is 5.44. The first-order valence-electron chi connectivity index (χ1n) is 5.79.